The number of hydrogen-bond donors (Lipinski definition) is 1. The lowest BCUT2D eigenvalue weighted by molar-refractivity contribution is 0.174. The number of methoxy groups -OCH3 is 1. The summed E-state index contributed by atoms with van der Waals surface area (Å²) in [5.74, 6) is 2.24. The minimum Gasteiger partial charge on any atom is -0.493 e. The Morgan fingerprint density at radius 2 is 1.89 bits per heavy atom. The Morgan fingerprint density at radius 1 is 1.11 bits per heavy atom. The van der Waals surface area contributed by atoms with E-state index in [1.165, 1.54) is 0 Å². The molecule has 0 unspecified atom stereocenters. The van der Waals surface area contributed by atoms with Crippen LogP contribution in [-0.4, -0.2) is 13.9 Å². The molecule has 3 aromatic carbocycles. The molecule has 5 rings (SSSR count). The van der Waals surface area contributed by atoms with Gasteiger partial charge in [-0.15, -0.1) is 0 Å². The third kappa shape index (κ3) is 4.40. The fraction of sp³-hybridized carbons (Fsp3) is 0.160. The molecule has 3 aromatic rings. The van der Waals surface area contributed by atoms with Crippen molar-refractivity contribution in [3.63, 3.8) is 0 Å². The number of nitrogens with zero attached hydrogens (tertiary/aromatic N) is 1. The number of nitriles is 1. The van der Waals surface area contributed by atoms with Crippen molar-refractivity contribution in [3.05, 3.63) is 84.2 Å². The Morgan fingerprint density at radius 3 is 2.60 bits per heavy atom. The van der Waals surface area contributed by atoms with E-state index in [4.69, 9.17) is 52.6 Å². The fourth-order valence-electron chi connectivity index (χ4n) is 4.03. The van der Waals surface area contributed by atoms with E-state index in [2.05, 4.69) is 28.7 Å². The molecule has 2 N–H and O–H groups in total. The van der Waals surface area contributed by atoms with Crippen LogP contribution in [0.5, 0.6) is 28.7 Å². The molecule has 35 heavy (non-hydrogen) atoms. The second kappa shape index (κ2) is 9.57. The van der Waals surface area contributed by atoms with Gasteiger partial charge in [0.15, 0.2) is 23.0 Å². The molecule has 2 aliphatic heterocycles. The maximum Gasteiger partial charge on any atom is 0.231 e. The van der Waals surface area contributed by atoms with E-state index >= 15 is 0 Å². The Balaban J connectivity index is 1.55. The maximum atomic E-state index is 9.91. The van der Waals surface area contributed by atoms with Gasteiger partial charge in [-0.2, -0.15) is 5.26 Å². The van der Waals surface area contributed by atoms with Gasteiger partial charge in [-0.25, -0.2) is 0 Å². The quantitative estimate of drug-likeness (QED) is 0.342. The summed E-state index contributed by atoms with van der Waals surface area (Å²) < 4.78 is 29.3. The van der Waals surface area contributed by atoms with E-state index < -0.39 is 5.92 Å². The number of ether oxygens (including phenoxy) is 5. The summed E-state index contributed by atoms with van der Waals surface area (Å²) in [7, 11) is 1.56. The van der Waals surface area contributed by atoms with E-state index in [0.717, 1.165) is 20.3 Å². The summed E-state index contributed by atoms with van der Waals surface area (Å²) in [5.41, 5.74) is 8.73. The maximum absolute atomic E-state index is 9.91. The van der Waals surface area contributed by atoms with Crippen molar-refractivity contribution in [1.82, 2.24) is 0 Å². The third-order valence-electron chi connectivity index (χ3n) is 5.68. The lowest BCUT2D eigenvalue weighted by atomic mass is 9.83. The molecule has 2 aliphatic rings. The Kier molecular flexibility index (Phi) is 6.49. The van der Waals surface area contributed by atoms with Crippen LogP contribution in [0, 0.1) is 14.9 Å². The van der Waals surface area contributed by atoms with Crippen LogP contribution >= 0.6 is 45.8 Å². The van der Waals surface area contributed by atoms with Gasteiger partial charge < -0.3 is 29.4 Å². The number of rotatable bonds is 5. The molecular formula is C25H17Cl2IN2O5. The van der Waals surface area contributed by atoms with E-state index in [-0.39, 0.29) is 24.9 Å². The Bertz CT molecular complexity index is 1420. The summed E-state index contributed by atoms with van der Waals surface area (Å²) >= 11 is 14.5. The van der Waals surface area contributed by atoms with Crippen molar-refractivity contribution in [1.29, 1.82) is 5.26 Å². The van der Waals surface area contributed by atoms with Crippen molar-refractivity contribution >= 4 is 45.8 Å². The molecule has 0 radical (unpaired) electrons. The van der Waals surface area contributed by atoms with Gasteiger partial charge in [-0.1, -0.05) is 29.3 Å². The van der Waals surface area contributed by atoms with Crippen LogP contribution in [0.4, 0.5) is 0 Å². The van der Waals surface area contributed by atoms with Gasteiger partial charge in [0.25, 0.3) is 0 Å². The lowest BCUT2D eigenvalue weighted by Gasteiger charge is -2.27. The minimum atomic E-state index is -0.500. The molecule has 0 amide bonds. The highest BCUT2D eigenvalue weighted by atomic mass is 127. The molecule has 10 heteroatoms. The largest absolute Gasteiger partial charge is 0.493 e. The standard InChI is InChI=1S/C25H17Cl2IN2O5/c1-31-22-5-13(4-18(28)24(22)32-10-12-2-3-14(26)6-17(12)27)23-15-7-20-21(34-11-33-20)8-19(15)35-25(30)16(23)9-29/h2-8,23H,10-11,30H2,1H3/t23-/m0/s1. The number of benzene rings is 3. The predicted molar refractivity (Wildman–Crippen MR) is 138 cm³/mol. The average molecular weight is 623 g/mol. The molecule has 0 saturated heterocycles. The first-order valence-electron chi connectivity index (χ1n) is 10.3. The van der Waals surface area contributed by atoms with Gasteiger partial charge >= 0.3 is 0 Å². The van der Waals surface area contributed by atoms with Crippen LogP contribution in [0.1, 0.15) is 22.6 Å². The van der Waals surface area contributed by atoms with Crippen molar-refractivity contribution in [3.8, 4) is 34.8 Å². The smallest absolute Gasteiger partial charge is 0.231 e. The van der Waals surface area contributed by atoms with E-state index in [1.54, 1.807) is 25.3 Å². The monoisotopic (exact) mass is 622 g/mol. The molecule has 0 saturated carbocycles. The number of fused-ring (bicyclic) bond motifs is 2. The first kappa shape index (κ1) is 23.7. The highest BCUT2D eigenvalue weighted by Gasteiger charge is 2.34. The number of hydrogen-bond acceptors (Lipinski definition) is 7. The summed E-state index contributed by atoms with van der Waals surface area (Å²) in [6, 6.07) is 14.7. The molecule has 0 aromatic heterocycles. The zero-order valence-corrected chi connectivity index (χ0v) is 21.9. The highest BCUT2D eigenvalue weighted by molar-refractivity contribution is 14.1. The second-order valence-corrected chi connectivity index (χ2v) is 9.73. The zero-order chi connectivity index (χ0) is 24.7. The minimum absolute atomic E-state index is 0.0375. The third-order valence-corrected chi connectivity index (χ3v) is 7.07. The lowest BCUT2D eigenvalue weighted by Crippen LogP contribution is -2.21. The number of nitrogens with two attached hydrogens (primary N) is 1. The first-order valence-corrected chi connectivity index (χ1v) is 12.2. The first-order chi connectivity index (χ1) is 16.9. The predicted octanol–water partition coefficient (Wildman–Crippen LogP) is 6.13. The van der Waals surface area contributed by atoms with Crippen molar-refractivity contribution in [2.75, 3.05) is 13.9 Å². The van der Waals surface area contributed by atoms with E-state index in [1.807, 2.05) is 24.3 Å². The highest BCUT2D eigenvalue weighted by Crippen LogP contribution is 2.49. The number of halogens is 3. The molecule has 0 spiro atoms. The molecule has 0 fully saturated rings. The molecule has 0 aliphatic carbocycles. The van der Waals surface area contributed by atoms with E-state index in [0.29, 0.717) is 38.8 Å². The van der Waals surface area contributed by atoms with Crippen molar-refractivity contribution < 1.29 is 23.7 Å². The van der Waals surface area contributed by atoms with Gasteiger partial charge in [0.05, 0.1) is 16.6 Å². The second-order valence-electron chi connectivity index (χ2n) is 7.73. The Hall–Kier alpha value is -3.00. The van der Waals surface area contributed by atoms with Crippen LogP contribution in [-0.2, 0) is 6.61 Å². The van der Waals surface area contributed by atoms with Crippen molar-refractivity contribution in [2.45, 2.75) is 12.5 Å². The molecule has 0 bridgehead atoms. The van der Waals surface area contributed by atoms with Gasteiger partial charge in [0.1, 0.15) is 24.0 Å². The topological polar surface area (TPSA) is 96.0 Å². The summed E-state index contributed by atoms with van der Waals surface area (Å²) in [6.07, 6.45) is 0. The normalized spacial score (nSPS) is 15.8. The molecule has 178 valence electrons. The van der Waals surface area contributed by atoms with Crippen LogP contribution < -0.4 is 29.4 Å². The van der Waals surface area contributed by atoms with Crippen LogP contribution in [0.3, 0.4) is 0 Å². The summed E-state index contributed by atoms with van der Waals surface area (Å²) in [6.45, 7) is 0.341. The SMILES string of the molecule is COc1cc([C@@H]2C(C#N)=C(N)Oc3cc4c(cc32)OCO4)cc(I)c1OCc1ccc(Cl)cc1Cl. The molecule has 2 heterocycles. The van der Waals surface area contributed by atoms with E-state index in [9.17, 15) is 5.26 Å². The van der Waals surface area contributed by atoms with Crippen LogP contribution in [0.25, 0.3) is 0 Å². The molecule has 1 atom stereocenters. The van der Waals surface area contributed by atoms with Crippen molar-refractivity contribution in [2.24, 2.45) is 5.73 Å². The van der Waals surface area contributed by atoms with Gasteiger partial charge in [-0.3, -0.25) is 0 Å². The van der Waals surface area contributed by atoms with Crippen LogP contribution in [0.2, 0.25) is 10.0 Å². The summed E-state index contributed by atoms with van der Waals surface area (Å²) in [4.78, 5) is 0. The van der Waals surface area contributed by atoms with Gasteiger partial charge in [-0.05, 0) is 58.5 Å². The average Bonchev–Trinajstić information content (AvgIpc) is 3.29. The number of allylic oxidation sites excluding steroid dienone is 1. The molecular weight excluding hydrogens is 606 g/mol. The van der Waals surface area contributed by atoms with Crippen LogP contribution in [0.15, 0.2) is 53.9 Å². The zero-order valence-electron chi connectivity index (χ0n) is 18.2. The van der Waals surface area contributed by atoms with Gasteiger partial charge in [0, 0.05) is 27.2 Å². The molecule has 7 nitrogen and oxygen atoms in total. The fourth-order valence-corrected chi connectivity index (χ4v) is 5.27. The summed E-state index contributed by atoms with van der Waals surface area (Å²) in [5, 5.41) is 11.0. The van der Waals surface area contributed by atoms with Gasteiger partial charge in [0.2, 0.25) is 12.7 Å². The Labute approximate surface area is 225 Å².